The van der Waals surface area contributed by atoms with Gasteiger partial charge in [-0.2, -0.15) is 38.3 Å². The molecule has 0 aliphatic rings. The molecule has 0 aliphatic heterocycles. The van der Waals surface area contributed by atoms with Gasteiger partial charge in [-0.25, -0.2) is 5.26 Å². The summed E-state index contributed by atoms with van der Waals surface area (Å²) in [5, 5.41) is 23.7. The largest absolute Gasteiger partial charge is 0.424 e. The lowest BCUT2D eigenvalue weighted by Gasteiger charge is -2.12. The fourth-order valence-electron chi connectivity index (χ4n) is 4.63. The minimum absolute atomic E-state index is 0.0169. The summed E-state index contributed by atoms with van der Waals surface area (Å²) in [7, 11) is -4.76. The van der Waals surface area contributed by atoms with Crippen molar-refractivity contribution in [3.05, 3.63) is 108 Å². The van der Waals surface area contributed by atoms with E-state index < -0.39 is 15.0 Å². The van der Waals surface area contributed by atoms with Gasteiger partial charge < -0.3 is 20.1 Å². The van der Waals surface area contributed by atoms with Gasteiger partial charge in [0.05, 0.1) is 12.0 Å². The van der Waals surface area contributed by atoms with Crippen LogP contribution in [0.4, 0.5) is 35.2 Å². The monoisotopic (exact) mass is 790 g/mol. The molecule has 280 valence electrons. The smallest absolute Gasteiger partial charge is 0.328 e. The molecule has 0 fully saturated rings. The summed E-state index contributed by atoms with van der Waals surface area (Å²) in [4.78, 5) is 25.2. The molecule has 18 nitrogen and oxygen atoms in total. The van der Waals surface area contributed by atoms with Crippen LogP contribution in [0.15, 0.2) is 107 Å². The van der Waals surface area contributed by atoms with E-state index in [1.54, 1.807) is 72.8 Å². The van der Waals surface area contributed by atoms with Crippen molar-refractivity contribution in [2.75, 3.05) is 21.3 Å². The summed E-state index contributed by atoms with van der Waals surface area (Å²) in [6.07, 6.45) is 13.7. The van der Waals surface area contributed by atoms with Crippen LogP contribution in [0.1, 0.15) is 11.1 Å². The quantitative estimate of drug-likeness (QED) is 0.0110. The first kappa shape index (κ1) is 38.4. The van der Waals surface area contributed by atoms with Crippen LogP contribution in [0.5, 0.6) is 23.5 Å². The van der Waals surface area contributed by atoms with E-state index in [4.69, 9.17) is 31.9 Å². The minimum Gasteiger partial charge on any atom is -0.424 e. The predicted molar refractivity (Wildman–Crippen MR) is 206 cm³/mol. The molecule has 0 aliphatic carbocycles. The number of terminal acetylenes is 2. The average molecular weight is 791 g/mol. The lowest BCUT2D eigenvalue weighted by Crippen LogP contribution is -2.06. The van der Waals surface area contributed by atoms with Crippen LogP contribution in [0.25, 0.3) is 12.2 Å². The molecular weight excluding hydrogens is 765 g/mol. The predicted octanol–water partition coefficient (Wildman–Crippen LogP) is 6.98. The highest BCUT2D eigenvalue weighted by atomic mass is 32.2. The van der Waals surface area contributed by atoms with Crippen LogP contribution in [0.2, 0.25) is 0 Å². The summed E-state index contributed by atoms with van der Waals surface area (Å²) < 4.78 is 51.5. The van der Waals surface area contributed by atoms with Gasteiger partial charge in [-0.3, -0.25) is 15.2 Å². The lowest BCUT2D eigenvalue weighted by atomic mass is 10.1. The van der Waals surface area contributed by atoms with Crippen LogP contribution in [-0.4, -0.2) is 48.1 Å². The normalized spacial score (nSPS) is 10.9. The van der Waals surface area contributed by atoms with E-state index >= 15 is 0 Å². The molecule has 0 unspecified atom stereocenters. The Morgan fingerprint density at radius 2 is 1.12 bits per heavy atom. The number of para-hydroxylation sites is 2. The van der Waals surface area contributed by atoms with Gasteiger partial charge in [0.25, 0.3) is 10.1 Å². The summed E-state index contributed by atoms with van der Waals surface area (Å²) in [5.74, 6) is 0.969. The third-order valence-corrected chi connectivity index (χ3v) is 8.49. The van der Waals surface area contributed by atoms with Crippen molar-refractivity contribution in [2.45, 2.75) is 9.79 Å². The molecule has 4 aromatic carbocycles. The van der Waals surface area contributed by atoms with E-state index in [0.29, 0.717) is 39.7 Å². The number of benzene rings is 4. The zero-order valence-electron chi connectivity index (χ0n) is 28.4. The van der Waals surface area contributed by atoms with Gasteiger partial charge in [0.2, 0.25) is 23.8 Å². The van der Waals surface area contributed by atoms with E-state index in [9.17, 15) is 13.0 Å². The number of anilines is 6. The molecule has 0 amide bonds. The Bertz CT molecular complexity index is 2550. The lowest BCUT2D eigenvalue weighted by molar-refractivity contribution is -0.432. The van der Waals surface area contributed by atoms with Crippen LogP contribution in [-0.2, 0) is 19.5 Å². The first-order chi connectivity index (χ1) is 27.2. The second kappa shape index (κ2) is 18.2. The molecule has 56 heavy (non-hydrogen) atoms. The maximum absolute atomic E-state index is 12.6. The zero-order chi connectivity index (χ0) is 39.3. The number of hydrogen-bond donors (Lipinski definition) is 6. The number of hydrogen-bond acceptors (Lipinski definition) is 18. The van der Waals surface area contributed by atoms with Crippen molar-refractivity contribution in [2.24, 2.45) is 0 Å². The van der Waals surface area contributed by atoms with Gasteiger partial charge >= 0.3 is 12.0 Å². The fraction of sp³-hybridized carbons (Fsp3) is 0. The summed E-state index contributed by atoms with van der Waals surface area (Å²) in [6.45, 7) is 0. The molecule has 6 aromatic rings. The van der Waals surface area contributed by atoms with Crippen LogP contribution < -0.4 is 30.7 Å². The highest BCUT2D eigenvalue weighted by molar-refractivity contribution is 7.94. The summed E-state index contributed by atoms with van der Waals surface area (Å²) in [5.41, 5.74) is 1.22. The number of nitrogens with one attached hydrogen (secondary N) is 4. The maximum atomic E-state index is 12.6. The third-order valence-electron chi connectivity index (χ3n) is 6.92. The highest BCUT2D eigenvalue weighted by Crippen LogP contribution is 2.32. The van der Waals surface area contributed by atoms with Crippen molar-refractivity contribution in [3.8, 4) is 48.5 Å². The molecule has 0 bridgehead atoms. The van der Waals surface area contributed by atoms with Crippen LogP contribution in [0.3, 0.4) is 0 Å². The number of ether oxygens (including phenoxy) is 2. The molecule has 0 saturated carbocycles. The van der Waals surface area contributed by atoms with E-state index in [2.05, 4.69) is 68.3 Å². The van der Waals surface area contributed by atoms with Gasteiger partial charge in [-0.1, -0.05) is 78.6 Å². The maximum Gasteiger partial charge on any atom is 0.328 e. The number of nitrogens with zero attached hydrogens (tertiary/aromatic N) is 6. The Hall–Kier alpha value is -7.30. The SMILES string of the molecule is C#CNc1nc(Nc2ccc(C=Cc3ccc(Nc4nc(NC#C)nc(Oc5ccccc5)n4)cc3S(=O)(=O)O)c(SOOO)c2)nc(Oc2ccccc2)n1. The second-order valence-electron chi connectivity index (χ2n) is 10.7. The Balaban J connectivity index is 1.25. The van der Waals surface area contributed by atoms with E-state index in [0.717, 1.165) is 0 Å². The third kappa shape index (κ3) is 10.6. The Kier molecular flexibility index (Phi) is 12.5. The first-order valence-electron chi connectivity index (χ1n) is 15.7. The molecule has 0 atom stereocenters. The van der Waals surface area contributed by atoms with E-state index in [-0.39, 0.29) is 47.1 Å². The molecule has 0 spiro atoms. The Morgan fingerprint density at radius 1 is 0.643 bits per heavy atom. The van der Waals surface area contributed by atoms with Crippen LogP contribution >= 0.6 is 12.0 Å². The molecule has 0 saturated heterocycles. The molecule has 20 heteroatoms. The molecule has 6 N–H and O–H groups in total. The molecule has 0 radical (unpaired) electrons. The standard InChI is InChI=1S/C36H26N10O8S2/c1-3-37-31-41-33(45-35(43-31)51-27-11-7-5-8-12-27)39-25-19-17-23(29(21-25)55-54-53-47)15-16-24-18-20-26(22-30(24)56(48,49)50)40-34-42-32(38-4-2)44-36(46-34)52-28-13-9-6-10-14-28/h1-2,5-22,47H,(H,48,49,50)(H2,37,39,41,43,45)(H2,38,40,42,44,46). The topological polar surface area (TPSA) is 237 Å². The first-order valence-corrected chi connectivity index (χ1v) is 17.9. The van der Waals surface area contributed by atoms with Crippen LogP contribution in [0, 0.1) is 24.9 Å². The molecule has 2 heterocycles. The van der Waals surface area contributed by atoms with Crippen molar-refractivity contribution >= 4 is 69.5 Å². The van der Waals surface area contributed by atoms with E-state index in [1.807, 2.05) is 12.1 Å². The average Bonchev–Trinajstić information content (AvgIpc) is 3.17. The summed E-state index contributed by atoms with van der Waals surface area (Å²) >= 11 is 0.638. The van der Waals surface area contributed by atoms with Gasteiger partial charge in [0, 0.05) is 28.4 Å². The molecule has 2 aromatic heterocycles. The van der Waals surface area contributed by atoms with Crippen molar-refractivity contribution in [1.29, 1.82) is 0 Å². The van der Waals surface area contributed by atoms with Crippen molar-refractivity contribution in [3.63, 3.8) is 0 Å². The van der Waals surface area contributed by atoms with E-state index in [1.165, 1.54) is 24.3 Å². The van der Waals surface area contributed by atoms with Crippen molar-refractivity contribution in [1.82, 2.24) is 29.9 Å². The number of aromatic nitrogens is 6. The van der Waals surface area contributed by atoms with Gasteiger partial charge in [-0.15, -0.1) is 4.33 Å². The van der Waals surface area contributed by atoms with Gasteiger partial charge in [0.15, 0.2) is 0 Å². The Labute approximate surface area is 323 Å². The van der Waals surface area contributed by atoms with Gasteiger partial charge in [-0.05, 0) is 59.7 Å². The Morgan fingerprint density at radius 3 is 1.62 bits per heavy atom. The van der Waals surface area contributed by atoms with Gasteiger partial charge in [0.1, 0.15) is 16.4 Å². The van der Waals surface area contributed by atoms with Crippen molar-refractivity contribution < 1.29 is 37.1 Å². The fourth-order valence-corrected chi connectivity index (χ4v) is 5.85. The molecule has 6 rings (SSSR count). The highest BCUT2D eigenvalue weighted by Gasteiger charge is 2.17. The number of rotatable bonds is 16. The summed E-state index contributed by atoms with van der Waals surface area (Å²) in [6, 6.07) is 30.9. The molecular formula is C36H26N10O8S2. The second-order valence-corrected chi connectivity index (χ2v) is 12.8. The zero-order valence-corrected chi connectivity index (χ0v) is 30.0. The minimum atomic E-state index is -4.76.